The fourth-order valence-electron chi connectivity index (χ4n) is 2.37. The molecule has 1 unspecified atom stereocenters. The number of carbonyl (C=O) groups excluding carboxylic acids is 2. The van der Waals surface area contributed by atoms with Crippen molar-refractivity contribution in [2.24, 2.45) is 5.41 Å². The Labute approximate surface area is 118 Å². The molecule has 1 fully saturated rings. The predicted molar refractivity (Wildman–Crippen MR) is 70.5 cm³/mol. The molecule has 5 nitrogen and oxygen atoms in total. The molecule has 0 aromatic heterocycles. The molecule has 5 heteroatoms. The molecule has 0 bridgehead atoms. The van der Waals surface area contributed by atoms with E-state index in [9.17, 15) is 14.7 Å². The lowest BCUT2D eigenvalue weighted by Gasteiger charge is -2.40. The summed E-state index contributed by atoms with van der Waals surface area (Å²) >= 11 is 0. The van der Waals surface area contributed by atoms with E-state index in [1.54, 1.807) is 6.92 Å². The summed E-state index contributed by atoms with van der Waals surface area (Å²) in [5, 5.41) is 11.1. The number of carboxylic acids is 1. The maximum Gasteiger partial charge on any atom is 0.410 e. The van der Waals surface area contributed by atoms with Gasteiger partial charge in [-0.1, -0.05) is 37.3 Å². The van der Waals surface area contributed by atoms with Crippen molar-refractivity contribution in [3.63, 3.8) is 0 Å². The molecular formula is C15H18NO4-. The number of hydrogen-bond donors (Lipinski definition) is 0. The number of ether oxygens (including phenoxy) is 1. The summed E-state index contributed by atoms with van der Waals surface area (Å²) in [6.45, 7) is 2.47. The van der Waals surface area contributed by atoms with Gasteiger partial charge in [-0.3, -0.25) is 0 Å². The lowest BCUT2D eigenvalue weighted by Crippen LogP contribution is -2.52. The molecule has 20 heavy (non-hydrogen) atoms. The number of piperidine rings is 1. The van der Waals surface area contributed by atoms with Crippen LogP contribution in [0.5, 0.6) is 0 Å². The van der Waals surface area contributed by atoms with Crippen LogP contribution < -0.4 is 5.11 Å². The molecule has 1 heterocycles. The van der Waals surface area contributed by atoms with Crippen molar-refractivity contribution in [2.45, 2.75) is 26.4 Å². The molecule has 0 aliphatic carbocycles. The topological polar surface area (TPSA) is 69.7 Å². The van der Waals surface area contributed by atoms with Crippen molar-refractivity contribution in [2.75, 3.05) is 13.1 Å². The molecule has 0 N–H and O–H groups in total. The molecule has 1 amide bonds. The highest BCUT2D eigenvalue weighted by Gasteiger charge is 2.34. The van der Waals surface area contributed by atoms with E-state index in [1.165, 1.54) is 4.90 Å². The van der Waals surface area contributed by atoms with Gasteiger partial charge >= 0.3 is 6.09 Å². The number of likely N-dealkylation sites (tertiary alicyclic amines) is 1. The van der Waals surface area contributed by atoms with Gasteiger partial charge in [0.2, 0.25) is 0 Å². The average molecular weight is 276 g/mol. The van der Waals surface area contributed by atoms with E-state index in [0.29, 0.717) is 19.4 Å². The second kappa shape index (κ2) is 5.94. The first-order valence-corrected chi connectivity index (χ1v) is 6.68. The van der Waals surface area contributed by atoms with Crippen LogP contribution in [0.3, 0.4) is 0 Å². The molecule has 0 radical (unpaired) electrons. The maximum absolute atomic E-state index is 12.0. The van der Waals surface area contributed by atoms with E-state index in [-0.39, 0.29) is 13.2 Å². The zero-order valence-corrected chi connectivity index (χ0v) is 11.5. The lowest BCUT2D eigenvalue weighted by molar-refractivity contribution is -0.320. The predicted octanol–water partition coefficient (Wildman–Crippen LogP) is 1.18. The second-order valence-electron chi connectivity index (χ2n) is 5.41. The van der Waals surface area contributed by atoms with Crippen molar-refractivity contribution >= 4 is 12.1 Å². The maximum atomic E-state index is 12.0. The molecule has 1 atom stereocenters. The Bertz CT molecular complexity index is 488. The third kappa shape index (κ3) is 3.29. The molecule has 2 rings (SSSR count). The largest absolute Gasteiger partial charge is 0.549 e. The van der Waals surface area contributed by atoms with E-state index < -0.39 is 17.5 Å². The van der Waals surface area contributed by atoms with E-state index in [1.807, 2.05) is 30.3 Å². The standard InChI is InChI=1S/C15H19NO4/c1-15(13(17)18)8-5-9-16(11-15)14(19)20-10-12-6-3-2-4-7-12/h2-4,6-7H,5,8-11H2,1H3,(H,17,18)/p-1. The normalized spacial score (nSPS) is 22.4. The van der Waals surface area contributed by atoms with Gasteiger partial charge in [0.15, 0.2) is 0 Å². The summed E-state index contributed by atoms with van der Waals surface area (Å²) in [5.41, 5.74) is -0.0789. The molecule has 1 aromatic carbocycles. The first-order valence-electron chi connectivity index (χ1n) is 6.68. The summed E-state index contributed by atoms with van der Waals surface area (Å²) in [5.74, 6) is -1.11. The Hall–Kier alpha value is -2.04. The Balaban J connectivity index is 1.91. The van der Waals surface area contributed by atoms with Crippen molar-refractivity contribution in [1.82, 2.24) is 4.90 Å². The zero-order chi connectivity index (χ0) is 14.6. The minimum Gasteiger partial charge on any atom is -0.549 e. The fraction of sp³-hybridized carbons (Fsp3) is 0.467. The van der Waals surface area contributed by atoms with Crippen LogP contribution in [0.25, 0.3) is 0 Å². The summed E-state index contributed by atoms with van der Waals surface area (Å²) in [6, 6.07) is 9.37. The van der Waals surface area contributed by atoms with E-state index in [4.69, 9.17) is 4.74 Å². The number of aliphatic carboxylic acids is 1. The van der Waals surface area contributed by atoms with Gasteiger partial charge in [-0.05, 0) is 18.4 Å². The minimum atomic E-state index is -1.11. The van der Waals surface area contributed by atoms with Crippen molar-refractivity contribution in [3.05, 3.63) is 35.9 Å². The van der Waals surface area contributed by atoms with E-state index >= 15 is 0 Å². The van der Waals surface area contributed by atoms with Gasteiger partial charge in [-0.25, -0.2) is 4.79 Å². The first kappa shape index (κ1) is 14.4. The molecule has 1 aliphatic rings. The number of amides is 1. The number of hydrogen-bond acceptors (Lipinski definition) is 4. The van der Waals surface area contributed by atoms with Crippen molar-refractivity contribution < 1.29 is 19.4 Å². The minimum absolute atomic E-state index is 0.142. The summed E-state index contributed by atoms with van der Waals surface area (Å²) in [7, 11) is 0. The van der Waals surface area contributed by atoms with Crippen LogP contribution >= 0.6 is 0 Å². The van der Waals surface area contributed by atoms with E-state index in [2.05, 4.69) is 0 Å². The van der Waals surface area contributed by atoms with Crippen LogP contribution in [0.1, 0.15) is 25.3 Å². The van der Waals surface area contributed by atoms with Gasteiger partial charge in [0, 0.05) is 24.5 Å². The van der Waals surface area contributed by atoms with Crippen LogP contribution in [0.4, 0.5) is 4.79 Å². The Morgan fingerprint density at radius 2 is 2.05 bits per heavy atom. The average Bonchev–Trinajstić information content (AvgIpc) is 2.46. The third-order valence-electron chi connectivity index (χ3n) is 3.65. The third-order valence-corrected chi connectivity index (χ3v) is 3.65. The molecule has 1 aliphatic heterocycles. The number of carboxylic acid groups (broad SMARTS) is 1. The quantitative estimate of drug-likeness (QED) is 0.831. The van der Waals surface area contributed by atoms with Gasteiger partial charge < -0.3 is 19.5 Å². The monoisotopic (exact) mass is 276 g/mol. The zero-order valence-electron chi connectivity index (χ0n) is 11.5. The smallest absolute Gasteiger partial charge is 0.410 e. The van der Waals surface area contributed by atoms with Gasteiger partial charge in [0.1, 0.15) is 6.61 Å². The first-order chi connectivity index (χ1) is 9.51. The van der Waals surface area contributed by atoms with Crippen LogP contribution in [0.15, 0.2) is 30.3 Å². The van der Waals surface area contributed by atoms with Gasteiger partial charge in [0.25, 0.3) is 0 Å². The molecule has 0 saturated carbocycles. The number of carbonyl (C=O) groups is 2. The van der Waals surface area contributed by atoms with Crippen LogP contribution in [-0.2, 0) is 16.1 Å². The number of nitrogens with zero attached hydrogens (tertiary/aromatic N) is 1. The Morgan fingerprint density at radius 3 is 2.70 bits per heavy atom. The molecule has 108 valence electrons. The summed E-state index contributed by atoms with van der Waals surface area (Å²) in [4.78, 5) is 24.6. The van der Waals surface area contributed by atoms with Crippen molar-refractivity contribution in [3.8, 4) is 0 Å². The fourth-order valence-corrected chi connectivity index (χ4v) is 2.37. The highest BCUT2D eigenvalue weighted by molar-refractivity contribution is 5.74. The van der Waals surface area contributed by atoms with Crippen LogP contribution in [0, 0.1) is 5.41 Å². The Kier molecular flexibility index (Phi) is 4.27. The van der Waals surface area contributed by atoms with Crippen molar-refractivity contribution in [1.29, 1.82) is 0 Å². The number of benzene rings is 1. The lowest BCUT2D eigenvalue weighted by atomic mass is 9.82. The number of rotatable bonds is 3. The highest BCUT2D eigenvalue weighted by atomic mass is 16.6. The molecule has 1 saturated heterocycles. The molecule has 0 spiro atoms. The second-order valence-corrected chi connectivity index (χ2v) is 5.41. The van der Waals surface area contributed by atoms with Crippen LogP contribution in [-0.4, -0.2) is 30.1 Å². The highest BCUT2D eigenvalue weighted by Crippen LogP contribution is 2.29. The molecular weight excluding hydrogens is 258 g/mol. The summed E-state index contributed by atoms with van der Waals surface area (Å²) < 4.78 is 5.21. The van der Waals surface area contributed by atoms with E-state index in [0.717, 1.165) is 5.56 Å². The summed E-state index contributed by atoms with van der Waals surface area (Å²) in [6.07, 6.45) is 0.698. The Morgan fingerprint density at radius 1 is 1.35 bits per heavy atom. The SMILES string of the molecule is CC1(C(=O)[O-])CCCN(C(=O)OCc2ccccc2)C1. The molecule has 1 aromatic rings. The van der Waals surface area contributed by atoms with Gasteiger partial charge in [-0.2, -0.15) is 0 Å². The van der Waals surface area contributed by atoms with Gasteiger partial charge in [0.05, 0.1) is 0 Å². The van der Waals surface area contributed by atoms with Crippen LogP contribution in [0.2, 0.25) is 0 Å². The van der Waals surface area contributed by atoms with Gasteiger partial charge in [-0.15, -0.1) is 0 Å².